The maximum absolute atomic E-state index is 11.9. The predicted octanol–water partition coefficient (Wildman–Crippen LogP) is 1.12. The molecule has 3 aromatic rings. The number of nitrogens with two attached hydrogens (primary N) is 1. The van der Waals surface area contributed by atoms with Crippen molar-refractivity contribution < 1.29 is 4.79 Å². The Bertz CT molecular complexity index is 844. The second-order valence-corrected chi connectivity index (χ2v) is 4.04. The molecule has 0 aliphatic rings. The molecule has 0 aliphatic carbocycles. The van der Waals surface area contributed by atoms with Crippen LogP contribution in [-0.2, 0) is 0 Å². The van der Waals surface area contributed by atoms with Gasteiger partial charge in [-0.3, -0.25) is 9.59 Å². The lowest BCUT2D eigenvalue weighted by atomic mass is 10.1. The van der Waals surface area contributed by atoms with Crippen LogP contribution in [0.5, 0.6) is 0 Å². The number of H-pyrrole nitrogens is 1. The van der Waals surface area contributed by atoms with E-state index in [1.54, 1.807) is 6.07 Å². The topological polar surface area (TPSA) is 93.8 Å². The Morgan fingerprint density at radius 3 is 2.83 bits per heavy atom. The number of nitrogens with one attached hydrogen (secondary N) is 1. The van der Waals surface area contributed by atoms with Gasteiger partial charge in [0.05, 0.1) is 11.0 Å². The fraction of sp³-hybridized carbons (Fsp3) is 0.0833. The van der Waals surface area contributed by atoms with E-state index in [0.29, 0.717) is 11.0 Å². The van der Waals surface area contributed by atoms with Gasteiger partial charge in [-0.15, -0.1) is 5.10 Å². The molecule has 18 heavy (non-hydrogen) atoms. The smallest absolute Gasteiger partial charge is 0.261 e. The first-order valence-corrected chi connectivity index (χ1v) is 5.40. The monoisotopic (exact) mass is 242 g/mol. The molecule has 0 saturated heterocycles. The van der Waals surface area contributed by atoms with Crippen LogP contribution in [0.3, 0.4) is 0 Å². The van der Waals surface area contributed by atoms with Crippen LogP contribution in [0.25, 0.3) is 21.8 Å². The van der Waals surface area contributed by atoms with Crippen molar-refractivity contribution in [2.75, 3.05) is 5.73 Å². The van der Waals surface area contributed by atoms with Crippen LogP contribution in [0.2, 0.25) is 0 Å². The number of benzene rings is 1. The maximum atomic E-state index is 11.9. The molecule has 0 unspecified atom stereocenters. The fourth-order valence-electron chi connectivity index (χ4n) is 2.12. The summed E-state index contributed by atoms with van der Waals surface area (Å²) in [5.41, 5.74) is 6.47. The quantitative estimate of drug-likeness (QED) is 0.617. The number of aromatic amines is 1. The molecular formula is C12H10N4O2. The maximum Gasteiger partial charge on any atom is 0.261 e. The average molecular weight is 242 g/mol. The first kappa shape index (κ1) is 10.5. The van der Waals surface area contributed by atoms with Crippen LogP contribution in [-0.4, -0.2) is 20.7 Å². The highest BCUT2D eigenvalue weighted by Crippen LogP contribution is 2.24. The van der Waals surface area contributed by atoms with Crippen LogP contribution in [0.4, 0.5) is 5.82 Å². The molecule has 0 saturated carbocycles. The van der Waals surface area contributed by atoms with E-state index in [2.05, 4.69) is 10.1 Å². The minimum absolute atomic E-state index is 0.0622. The third-order valence-electron chi connectivity index (χ3n) is 2.87. The highest BCUT2D eigenvalue weighted by Gasteiger charge is 2.17. The first-order chi connectivity index (χ1) is 8.59. The number of para-hydroxylation sites is 1. The van der Waals surface area contributed by atoms with Gasteiger partial charge in [0, 0.05) is 12.3 Å². The van der Waals surface area contributed by atoms with Gasteiger partial charge >= 0.3 is 0 Å². The highest BCUT2D eigenvalue weighted by atomic mass is 16.2. The van der Waals surface area contributed by atoms with Crippen molar-refractivity contribution in [2.45, 2.75) is 6.92 Å². The SMILES string of the molecule is CC(=O)n1nc(N)c2c(=O)[nH]c3ccccc3c21. The Hall–Kier alpha value is -2.63. The van der Waals surface area contributed by atoms with Crippen LogP contribution in [0, 0.1) is 0 Å². The van der Waals surface area contributed by atoms with Crippen molar-refractivity contribution in [1.82, 2.24) is 14.8 Å². The standard InChI is InChI=1S/C12H10N4O2/c1-6(17)16-10-7-4-2-3-5-8(7)14-12(18)9(10)11(13)15-16/h2-5H,1H3,(H2,13,15)(H,14,18). The van der Waals surface area contributed by atoms with Crippen molar-refractivity contribution in [3.63, 3.8) is 0 Å². The van der Waals surface area contributed by atoms with Gasteiger partial charge in [0.1, 0.15) is 5.39 Å². The summed E-state index contributed by atoms with van der Waals surface area (Å²) in [6.45, 7) is 1.38. The van der Waals surface area contributed by atoms with Gasteiger partial charge in [0.2, 0.25) is 5.91 Å². The summed E-state index contributed by atoms with van der Waals surface area (Å²) >= 11 is 0. The molecule has 6 nitrogen and oxygen atoms in total. The Balaban J connectivity index is 2.69. The van der Waals surface area contributed by atoms with Gasteiger partial charge in [-0.25, -0.2) is 0 Å². The van der Waals surface area contributed by atoms with Crippen LogP contribution >= 0.6 is 0 Å². The molecule has 2 aromatic heterocycles. The zero-order valence-corrected chi connectivity index (χ0v) is 9.60. The lowest BCUT2D eigenvalue weighted by molar-refractivity contribution is 0.0927. The predicted molar refractivity (Wildman–Crippen MR) is 68.6 cm³/mol. The molecule has 6 heteroatoms. The lowest BCUT2D eigenvalue weighted by Crippen LogP contribution is -2.10. The minimum Gasteiger partial charge on any atom is -0.382 e. The summed E-state index contributed by atoms with van der Waals surface area (Å²) in [6, 6.07) is 7.22. The summed E-state index contributed by atoms with van der Waals surface area (Å²) < 4.78 is 1.17. The highest BCUT2D eigenvalue weighted by molar-refractivity contribution is 6.09. The molecule has 3 N–H and O–H groups in total. The van der Waals surface area contributed by atoms with Gasteiger partial charge < -0.3 is 10.7 Å². The molecule has 0 bridgehead atoms. The number of carbonyl (C=O) groups is 1. The number of hydrogen-bond acceptors (Lipinski definition) is 4. The van der Waals surface area contributed by atoms with Crippen LogP contribution in [0.1, 0.15) is 11.7 Å². The van der Waals surface area contributed by atoms with E-state index in [0.717, 1.165) is 5.39 Å². The minimum atomic E-state index is -0.339. The van der Waals surface area contributed by atoms with E-state index in [4.69, 9.17) is 5.73 Å². The van der Waals surface area contributed by atoms with Crippen molar-refractivity contribution in [3.05, 3.63) is 34.6 Å². The molecule has 0 fully saturated rings. The first-order valence-electron chi connectivity index (χ1n) is 5.40. The summed E-state index contributed by atoms with van der Waals surface area (Å²) in [5, 5.41) is 4.92. The summed E-state index contributed by atoms with van der Waals surface area (Å²) in [7, 11) is 0. The normalized spacial score (nSPS) is 11.2. The second-order valence-electron chi connectivity index (χ2n) is 4.04. The van der Waals surface area contributed by atoms with Crippen molar-refractivity contribution >= 4 is 33.5 Å². The number of nitrogen functional groups attached to an aromatic ring is 1. The van der Waals surface area contributed by atoms with Gasteiger partial charge in [-0.1, -0.05) is 18.2 Å². The summed E-state index contributed by atoms with van der Waals surface area (Å²) in [4.78, 5) is 26.2. The molecule has 3 rings (SSSR count). The van der Waals surface area contributed by atoms with E-state index in [1.165, 1.54) is 11.6 Å². The Kier molecular flexibility index (Phi) is 2.00. The van der Waals surface area contributed by atoms with Gasteiger partial charge in [0.15, 0.2) is 5.82 Å². The average Bonchev–Trinajstić information content (AvgIpc) is 2.68. The molecular weight excluding hydrogens is 232 g/mol. The lowest BCUT2D eigenvalue weighted by Gasteiger charge is -2.01. The van der Waals surface area contributed by atoms with Crippen LogP contribution < -0.4 is 11.3 Å². The molecule has 2 heterocycles. The Morgan fingerprint density at radius 2 is 2.11 bits per heavy atom. The molecule has 0 amide bonds. The van der Waals surface area contributed by atoms with Crippen LogP contribution in [0.15, 0.2) is 29.1 Å². The van der Waals surface area contributed by atoms with Gasteiger partial charge in [-0.05, 0) is 6.07 Å². The largest absolute Gasteiger partial charge is 0.382 e. The number of carbonyl (C=O) groups excluding carboxylic acids is 1. The number of hydrogen-bond donors (Lipinski definition) is 2. The van der Waals surface area contributed by atoms with Crippen molar-refractivity contribution in [1.29, 1.82) is 0 Å². The third-order valence-corrected chi connectivity index (χ3v) is 2.87. The number of rotatable bonds is 0. The van der Waals surface area contributed by atoms with E-state index in [9.17, 15) is 9.59 Å². The second kappa shape index (κ2) is 3.43. The third kappa shape index (κ3) is 1.26. The number of anilines is 1. The summed E-state index contributed by atoms with van der Waals surface area (Å²) in [5.74, 6) is -0.223. The number of fused-ring (bicyclic) bond motifs is 3. The molecule has 1 aromatic carbocycles. The van der Waals surface area contributed by atoms with E-state index < -0.39 is 0 Å². The van der Waals surface area contributed by atoms with E-state index in [1.807, 2.05) is 18.2 Å². The molecule has 0 radical (unpaired) electrons. The molecule has 0 atom stereocenters. The van der Waals surface area contributed by atoms with Crippen molar-refractivity contribution in [2.24, 2.45) is 0 Å². The van der Waals surface area contributed by atoms with Gasteiger partial charge in [0.25, 0.3) is 5.56 Å². The number of aromatic nitrogens is 3. The number of nitrogens with zero attached hydrogens (tertiary/aromatic N) is 2. The zero-order chi connectivity index (χ0) is 12.9. The van der Waals surface area contributed by atoms with E-state index >= 15 is 0 Å². The summed E-state index contributed by atoms with van der Waals surface area (Å²) in [6.07, 6.45) is 0. The molecule has 90 valence electrons. The van der Waals surface area contributed by atoms with Crippen molar-refractivity contribution in [3.8, 4) is 0 Å². The Labute approximate surface area is 101 Å². The fourth-order valence-corrected chi connectivity index (χ4v) is 2.12. The number of pyridine rings is 1. The van der Waals surface area contributed by atoms with E-state index in [-0.39, 0.29) is 22.7 Å². The molecule has 0 spiro atoms. The Morgan fingerprint density at radius 1 is 1.39 bits per heavy atom. The van der Waals surface area contributed by atoms with Gasteiger partial charge in [-0.2, -0.15) is 4.68 Å². The zero-order valence-electron chi connectivity index (χ0n) is 9.60. The molecule has 0 aliphatic heterocycles.